The third-order valence-corrected chi connectivity index (χ3v) is 2.81. The number of rotatable bonds is 3. The molecule has 0 bridgehead atoms. The van der Waals surface area contributed by atoms with Crippen LogP contribution in [0, 0.1) is 22.7 Å². The number of hydrogen-bond acceptors (Lipinski definition) is 3. The second-order valence-corrected chi connectivity index (χ2v) is 4.16. The number of aromatic nitrogens is 1. The Kier molecular flexibility index (Phi) is 4.48. The third kappa shape index (κ3) is 3.34. The third-order valence-electron chi connectivity index (χ3n) is 2.81. The molecule has 2 rings (SSSR count). The fraction of sp³-hybridized carbons (Fsp3) is 0. The van der Waals surface area contributed by atoms with Gasteiger partial charge in [0, 0.05) is 23.8 Å². The summed E-state index contributed by atoms with van der Waals surface area (Å²) in [5.41, 5.74) is 0.888. The van der Waals surface area contributed by atoms with E-state index in [2.05, 4.69) is 0 Å². The highest BCUT2D eigenvalue weighted by molar-refractivity contribution is 5.79. The van der Waals surface area contributed by atoms with Gasteiger partial charge in [-0.25, -0.2) is 0 Å². The van der Waals surface area contributed by atoms with Gasteiger partial charge in [0.25, 0.3) is 5.70 Å². The van der Waals surface area contributed by atoms with E-state index in [-0.39, 0.29) is 11.3 Å². The summed E-state index contributed by atoms with van der Waals surface area (Å²) in [4.78, 5) is 0. The van der Waals surface area contributed by atoms with Crippen LogP contribution in [-0.2, 0) is 0 Å². The maximum Gasteiger partial charge on any atom is 0.255 e. The van der Waals surface area contributed by atoms with Crippen molar-refractivity contribution in [3.63, 3.8) is 0 Å². The molecule has 0 saturated carbocycles. The van der Waals surface area contributed by atoms with Crippen molar-refractivity contribution in [2.75, 3.05) is 0 Å². The fourth-order valence-electron chi connectivity index (χ4n) is 1.79. The lowest BCUT2D eigenvalue weighted by Gasteiger charge is -2.02. The molecule has 0 aliphatic carbocycles. The van der Waals surface area contributed by atoms with Crippen molar-refractivity contribution in [3.8, 4) is 12.1 Å². The summed E-state index contributed by atoms with van der Waals surface area (Å²) in [6, 6.07) is 18.0. The van der Waals surface area contributed by atoms with Gasteiger partial charge in [0.2, 0.25) is 0 Å². The molecule has 4 nitrogen and oxygen atoms in total. The molecule has 21 heavy (non-hydrogen) atoms. The van der Waals surface area contributed by atoms with Gasteiger partial charge in [0.05, 0.1) is 0 Å². The Labute approximate surface area is 122 Å². The van der Waals surface area contributed by atoms with Crippen LogP contribution in [0.4, 0.5) is 0 Å². The summed E-state index contributed by atoms with van der Waals surface area (Å²) in [6.45, 7) is 0. The van der Waals surface area contributed by atoms with Crippen LogP contribution < -0.4 is 4.57 Å². The number of aliphatic hydroxyl groups is 1. The maximum atomic E-state index is 10.5. The summed E-state index contributed by atoms with van der Waals surface area (Å²) >= 11 is 0. The number of aliphatic hydroxyl groups excluding tert-OH is 1. The first kappa shape index (κ1) is 14.0. The van der Waals surface area contributed by atoms with Crippen molar-refractivity contribution >= 4 is 11.5 Å². The minimum Gasteiger partial charge on any atom is -0.502 e. The minimum absolute atomic E-state index is 0.00481. The number of hydrogen-bond donors (Lipinski definition) is 1. The maximum absolute atomic E-state index is 10.5. The molecule has 0 atom stereocenters. The quantitative estimate of drug-likeness (QED) is 0.405. The lowest BCUT2D eigenvalue weighted by molar-refractivity contribution is -0.578. The Morgan fingerprint density at radius 3 is 2.10 bits per heavy atom. The molecule has 0 spiro atoms. The molecule has 1 N–H and O–H groups in total. The van der Waals surface area contributed by atoms with E-state index in [0.29, 0.717) is 11.3 Å². The van der Waals surface area contributed by atoms with Gasteiger partial charge < -0.3 is 5.11 Å². The molecule has 0 fully saturated rings. The summed E-state index contributed by atoms with van der Waals surface area (Å²) in [5, 5.41) is 28.3. The van der Waals surface area contributed by atoms with Crippen LogP contribution in [0.5, 0.6) is 0 Å². The number of nitrogens with zero attached hydrogens (tertiary/aromatic N) is 3. The highest BCUT2D eigenvalue weighted by Gasteiger charge is 2.16. The minimum atomic E-state index is -0.0798. The van der Waals surface area contributed by atoms with Gasteiger partial charge in [-0.05, 0) is 0 Å². The largest absolute Gasteiger partial charge is 0.502 e. The van der Waals surface area contributed by atoms with Gasteiger partial charge in [-0.2, -0.15) is 15.1 Å². The molecule has 0 saturated heterocycles. The van der Waals surface area contributed by atoms with Crippen molar-refractivity contribution < 1.29 is 9.67 Å². The van der Waals surface area contributed by atoms with E-state index in [1.165, 1.54) is 6.08 Å². The average Bonchev–Trinajstić information content (AvgIpc) is 2.57. The molecule has 0 unspecified atom stereocenters. The first-order valence-electron chi connectivity index (χ1n) is 6.23. The molecule has 0 aliphatic heterocycles. The van der Waals surface area contributed by atoms with Crippen LogP contribution in [-0.4, -0.2) is 5.11 Å². The van der Waals surface area contributed by atoms with Gasteiger partial charge in [-0.1, -0.05) is 36.4 Å². The zero-order chi connectivity index (χ0) is 15.1. The lowest BCUT2D eigenvalue weighted by atomic mass is 10.1. The molecule has 0 radical (unpaired) electrons. The summed E-state index contributed by atoms with van der Waals surface area (Å²) < 4.78 is 1.65. The number of benzene rings is 1. The van der Waals surface area contributed by atoms with Gasteiger partial charge in [0.1, 0.15) is 17.7 Å². The summed E-state index contributed by atoms with van der Waals surface area (Å²) in [6.07, 6.45) is 4.83. The van der Waals surface area contributed by atoms with E-state index in [0.717, 1.165) is 0 Å². The Morgan fingerprint density at radius 1 is 0.952 bits per heavy atom. The van der Waals surface area contributed by atoms with Gasteiger partial charge >= 0.3 is 0 Å². The van der Waals surface area contributed by atoms with E-state index in [9.17, 15) is 5.11 Å². The van der Waals surface area contributed by atoms with E-state index >= 15 is 0 Å². The van der Waals surface area contributed by atoms with Gasteiger partial charge in [0.15, 0.2) is 18.2 Å². The van der Waals surface area contributed by atoms with Crippen LogP contribution in [0.2, 0.25) is 0 Å². The SMILES string of the molecule is N#CC(C#N)=C/C(=C(\O)c1ccccc1)[n+]1ccccc1. The van der Waals surface area contributed by atoms with Crippen LogP contribution >= 0.6 is 0 Å². The smallest absolute Gasteiger partial charge is 0.255 e. The Morgan fingerprint density at radius 2 is 1.52 bits per heavy atom. The van der Waals surface area contributed by atoms with Crippen LogP contribution in [0.15, 0.2) is 72.6 Å². The van der Waals surface area contributed by atoms with Crippen molar-refractivity contribution in [3.05, 3.63) is 78.1 Å². The van der Waals surface area contributed by atoms with Crippen molar-refractivity contribution in [1.29, 1.82) is 10.5 Å². The molecule has 100 valence electrons. The zero-order valence-electron chi connectivity index (χ0n) is 11.1. The summed E-state index contributed by atoms with van der Waals surface area (Å²) in [7, 11) is 0. The van der Waals surface area contributed by atoms with Crippen molar-refractivity contribution in [1.82, 2.24) is 0 Å². The van der Waals surface area contributed by atoms with Gasteiger partial charge in [-0.3, -0.25) is 0 Å². The number of pyridine rings is 1. The van der Waals surface area contributed by atoms with Crippen LogP contribution in [0.25, 0.3) is 11.5 Å². The lowest BCUT2D eigenvalue weighted by Crippen LogP contribution is -2.31. The molecule has 1 aromatic heterocycles. The highest BCUT2D eigenvalue weighted by atomic mass is 16.3. The topological polar surface area (TPSA) is 71.7 Å². The molecular formula is C17H12N3O+. The number of allylic oxidation sites excluding steroid dienone is 3. The predicted molar refractivity (Wildman–Crippen MR) is 78.1 cm³/mol. The van der Waals surface area contributed by atoms with Crippen molar-refractivity contribution in [2.24, 2.45) is 0 Å². The summed E-state index contributed by atoms with van der Waals surface area (Å²) in [5.74, 6) is -0.00481. The molecular weight excluding hydrogens is 262 g/mol. The van der Waals surface area contributed by atoms with Crippen LogP contribution in [0.3, 0.4) is 0 Å². The predicted octanol–water partition coefficient (Wildman–Crippen LogP) is 2.83. The van der Waals surface area contributed by atoms with E-state index in [1.807, 2.05) is 12.1 Å². The molecule has 1 aromatic carbocycles. The average molecular weight is 274 g/mol. The Hall–Kier alpha value is -3.37. The van der Waals surface area contributed by atoms with Gasteiger partial charge in [-0.15, -0.1) is 0 Å². The molecule has 2 aromatic rings. The molecule has 0 aliphatic rings. The first-order valence-corrected chi connectivity index (χ1v) is 6.23. The Bertz CT molecular complexity index is 747. The normalized spacial score (nSPS) is 10.8. The van der Waals surface area contributed by atoms with E-state index in [4.69, 9.17) is 10.5 Å². The molecule has 1 heterocycles. The van der Waals surface area contributed by atoms with Crippen molar-refractivity contribution in [2.45, 2.75) is 0 Å². The highest BCUT2D eigenvalue weighted by Crippen LogP contribution is 2.17. The zero-order valence-corrected chi connectivity index (χ0v) is 11.1. The monoisotopic (exact) mass is 274 g/mol. The molecule has 4 heteroatoms. The second-order valence-electron chi connectivity index (χ2n) is 4.16. The first-order chi connectivity index (χ1) is 10.3. The molecule has 0 amide bonds. The number of nitriles is 2. The second kappa shape index (κ2) is 6.70. The van der Waals surface area contributed by atoms with E-state index < -0.39 is 0 Å². The fourth-order valence-corrected chi connectivity index (χ4v) is 1.79. The Balaban J connectivity index is 2.66. The standard InChI is InChI=1S/C17H11N3O/c18-12-14(13-19)11-16(20-9-5-2-6-10-20)17(21)15-7-3-1-4-8-15/h1-11H/p+1/b17-16+. The van der Waals surface area contributed by atoms with Crippen LogP contribution in [0.1, 0.15) is 5.56 Å². The van der Waals surface area contributed by atoms with E-state index in [1.54, 1.807) is 65.5 Å².